The molecule has 0 aromatic heterocycles. The van der Waals surface area contributed by atoms with Crippen LogP contribution in [-0.4, -0.2) is 6.54 Å². The van der Waals surface area contributed by atoms with Crippen molar-refractivity contribution in [1.82, 2.24) is 5.32 Å². The van der Waals surface area contributed by atoms with E-state index in [4.69, 9.17) is 0 Å². The number of nitrogens with one attached hydrogen (secondary N) is 1. The van der Waals surface area contributed by atoms with Gasteiger partial charge in [-0.25, -0.2) is 0 Å². The molecule has 0 spiro atoms. The fourth-order valence-corrected chi connectivity index (χ4v) is 1.32. The Labute approximate surface area is 49.1 Å². The molecule has 0 aromatic carbocycles. The van der Waals surface area contributed by atoms with Crippen molar-refractivity contribution in [3.63, 3.8) is 0 Å². The molecule has 1 heteroatoms. The van der Waals surface area contributed by atoms with Gasteiger partial charge in [-0.15, -0.1) is 0 Å². The molecule has 0 radical (unpaired) electrons. The van der Waals surface area contributed by atoms with Crippen LogP contribution in [-0.2, 0) is 0 Å². The van der Waals surface area contributed by atoms with Crippen molar-refractivity contribution >= 4 is 0 Å². The highest BCUT2D eigenvalue weighted by Crippen LogP contribution is 2.23. The molecule has 1 nitrogen and oxygen atoms in total. The van der Waals surface area contributed by atoms with Crippen LogP contribution < -0.4 is 5.32 Å². The summed E-state index contributed by atoms with van der Waals surface area (Å²) >= 11 is 0. The average Bonchev–Trinajstić information content (AvgIpc) is 2.15. The first-order valence-electron chi connectivity index (χ1n) is 3.09. The Morgan fingerprint density at radius 2 is 2.50 bits per heavy atom. The van der Waals surface area contributed by atoms with Crippen molar-refractivity contribution < 1.29 is 0 Å². The highest BCUT2D eigenvalue weighted by atomic mass is 14.9. The third-order valence-corrected chi connectivity index (χ3v) is 1.76. The molecule has 0 unspecified atom stereocenters. The van der Waals surface area contributed by atoms with E-state index < -0.39 is 0 Å². The Hall–Kier alpha value is -0.720. The normalized spacial score (nSPS) is 24.0. The summed E-state index contributed by atoms with van der Waals surface area (Å²) in [6.45, 7) is 1.16. The Kier molecular flexibility index (Phi) is 0.720. The van der Waals surface area contributed by atoms with Crippen molar-refractivity contribution in [2.45, 2.75) is 12.8 Å². The van der Waals surface area contributed by atoms with Crippen molar-refractivity contribution in [2.75, 3.05) is 6.54 Å². The van der Waals surface area contributed by atoms with Gasteiger partial charge in [-0.2, -0.15) is 0 Å². The predicted molar refractivity (Wildman–Crippen MR) is 33.4 cm³/mol. The lowest BCUT2D eigenvalue weighted by atomic mass is 10.2. The summed E-state index contributed by atoms with van der Waals surface area (Å²) in [6.07, 6.45) is 6.84. The fourth-order valence-electron chi connectivity index (χ4n) is 1.32. The Bertz CT molecular complexity index is 165. The number of rotatable bonds is 0. The summed E-state index contributed by atoms with van der Waals surface area (Å²) in [7, 11) is 0. The Balaban J connectivity index is 2.33. The predicted octanol–water partition coefficient (Wildman–Crippen LogP) is 1.19. The second-order valence-electron chi connectivity index (χ2n) is 2.29. The topological polar surface area (TPSA) is 12.0 Å². The minimum absolute atomic E-state index is 1.15. The molecule has 2 rings (SSSR count). The quantitative estimate of drug-likeness (QED) is 0.490. The molecule has 0 bridgehead atoms. The molecule has 0 saturated carbocycles. The standard InChI is InChI=1S/C7H9N/c1-2-6-4-5-8-7(6)3-1/h1-2,8H,3-5H2. The van der Waals surface area contributed by atoms with E-state index in [2.05, 4.69) is 17.5 Å². The van der Waals surface area contributed by atoms with Gasteiger partial charge in [0, 0.05) is 18.7 Å². The first kappa shape index (κ1) is 4.19. The zero-order chi connectivity index (χ0) is 5.40. The summed E-state index contributed by atoms with van der Waals surface area (Å²) < 4.78 is 0. The molecule has 8 heavy (non-hydrogen) atoms. The molecule has 0 fully saturated rings. The molecule has 0 aromatic rings. The van der Waals surface area contributed by atoms with Gasteiger partial charge in [-0.1, -0.05) is 12.2 Å². The first-order chi connectivity index (χ1) is 3.97. The number of hydrogen-bond donors (Lipinski definition) is 1. The maximum Gasteiger partial charge on any atom is 0.0185 e. The lowest BCUT2D eigenvalue weighted by Gasteiger charge is -1.94. The third-order valence-electron chi connectivity index (χ3n) is 1.76. The van der Waals surface area contributed by atoms with Gasteiger partial charge in [0.05, 0.1) is 0 Å². The summed E-state index contributed by atoms with van der Waals surface area (Å²) in [5, 5.41) is 3.34. The smallest absolute Gasteiger partial charge is 0.0185 e. The molecule has 0 saturated heterocycles. The molecule has 1 aliphatic heterocycles. The monoisotopic (exact) mass is 107 g/mol. The molecule has 42 valence electrons. The Morgan fingerprint density at radius 1 is 1.50 bits per heavy atom. The van der Waals surface area contributed by atoms with E-state index >= 15 is 0 Å². The molecule has 0 atom stereocenters. The van der Waals surface area contributed by atoms with Gasteiger partial charge in [0.2, 0.25) is 0 Å². The fraction of sp³-hybridized carbons (Fsp3) is 0.429. The second-order valence-corrected chi connectivity index (χ2v) is 2.29. The van der Waals surface area contributed by atoms with Crippen molar-refractivity contribution in [3.05, 3.63) is 23.4 Å². The van der Waals surface area contributed by atoms with Crippen LogP contribution >= 0.6 is 0 Å². The average molecular weight is 107 g/mol. The van der Waals surface area contributed by atoms with E-state index in [-0.39, 0.29) is 0 Å². The van der Waals surface area contributed by atoms with E-state index in [1.54, 1.807) is 0 Å². The van der Waals surface area contributed by atoms with E-state index in [1.165, 1.54) is 17.7 Å². The van der Waals surface area contributed by atoms with Crippen LogP contribution in [0.4, 0.5) is 0 Å². The van der Waals surface area contributed by atoms with E-state index in [1.807, 2.05) is 0 Å². The highest BCUT2D eigenvalue weighted by molar-refractivity contribution is 5.35. The van der Waals surface area contributed by atoms with Crippen LogP contribution in [0.25, 0.3) is 0 Å². The van der Waals surface area contributed by atoms with Crippen molar-refractivity contribution in [3.8, 4) is 0 Å². The lowest BCUT2D eigenvalue weighted by molar-refractivity contribution is 0.851. The van der Waals surface area contributed by atoms with Gasteiger partial charge < -0.3 is 5.32 Å². The first-order valence-corrected chi connectivity index (χ1v) is 3.09. The molecule has 1 N–H and O–H groups in total. The molecular formula is C7H9N. The van der Waals surface area contributed by atoms with Crippen LogP contribution in [0.15, 0.2) is 23.4 Å². The molecule has 1 aliphatic carbocycles. The maximum absolute atomic E-state index is 3.34. The van der Waals surface area contributed by atoms with Crippen LogP contribution in [0.5, 0.6) is 0 Å². The summed E-state index contributed by atoms with van der Waals surface area (Å²) in [5.74, 6) is 0. The van der Waals surface area contributed by atoms with Gasteiger partial charge in [-0.3, -0.25) is 0 Å². The maximum atomic E-state index is 3.34. The van der Waals surface area contributed by atoms with E-state index in [0.717, 1.165) is 13.0 Å². The molecule has 1 heterocycles. The largest absolute Gasteiger partial charge is 0.388 e. The minimum atomic E-state index is 1.15. The second kappa shape index (κ2) is 1.38. The summed E-state index contributed by atoms with van der Waals surface area (Å²) in [4.78, 5) is 0. The lowest BCUT2D eigenvalue weighted by Crippen LogP contribution is -2.05. The minimum Gasteiger partial charge on any atom is -0.388 e. The van der Waals surface area contributed by atoms with Gasteiger partial charge in [0.1, 0.15) is 0 Å². The molecule has 2 aliphatic rings. The van der Waals surface area contributed by atoms with Gasteiger partial charge in [0.25, 0.3) is 0 Å². The zero-order valence-electron chi connectivity index (χ0n) is 4.78. The highest BCUT2D eigenvalue weighted by Gasteiger charge is 2.12. The van der Waals surface area contributed by atoms with Crippen LogP contribution in [0, 0.1) is 0 Å². The summed E-state index contributed by atoms with van der Waals surface area (Å²) in [5.41, 5.74) is 3.00. The van der Waals surface area contributed by atoms with Crippen LogP contribution in [0.2, 0.25) is 0 Å². The number of allylic oxidation sites excluding steroid dienone is 2. The summed E-state index contributed by atoms with van der Waals surface area (Å²) in [6, 6.07) is 0. The number of hydrogen-bond acceptors (Lipinski definition) is 1. The van der Waals surface area contributed by atoms with Crippen molar-refractivity contribution in [1.29, 1.82) is 0 Å². The van der Waals surface area contributed by atoms with Crippen molar-refractivity contribution in [2.24, 2.45) is 0 Å². The Morgan fingerprint density at radius 3 is 3.38 bits per heavy atom. The van der Waals surface area contributed by atoms with Crippen LogP contribution in [0.1, 0.15) is 12.8 Å². The van der Waals surface area contributed by atoms with Gasteiger partial charge >= 0.3 is 0 Å². The zero-order valence-corrected chi connectivity index (χ0v) is 4.78. The van der Waals surface area contributed by atoms with E-state index in [9.17, 15) is 0 Å². The molecular weight excluding hydrogens is 98.1 g/mol. The van der Waals surface area contributed by atoms with Gasteiger partial charge in [0.15, 0.2) is 0 Å². The van der Waals surface area contributed by atoms with Gasteiger partial charge in [-0.05, 0) is 12.0 Å². The van der Waals surface area contributed by atoms with Crippen LogP contribution in [0.3, 0.4) is 0 Å². The molecule has 0 amide bonds. The van der Waals surface area contributed by atoms with E-state index in [0.29, 0.717) is 0 Å². The SMILES string of the molecule is C1=CC2=C(C1)NCC2. The third kappa shape index (κ3) is 0.414.